The third-order valence-corrected chi connectivity index (χ3v) is 6.24. The summed E-state index contributed by atoms with van der Waals surface area (Å²) in [5, 5.41) is 13.0. The Kier molecular flexibility index (Phi) is 7.75. The van der Waals surface area contributed by atoms with Gasteiger partial charge in [-0.05, 0) is 44.2 Å². The maximum Gasteiger partial charge on any atom is 0.251 e. The van der Waals surface area contributed by atoms with Gasteiger partial charge in [0.25, 0.3) is 5.91 Å². The van der Waals surface area contributed by atoms with Gasteiger partial charge in [0.05, 0.1) is 11.6 Å². The highest BCUT2D eigenvalue weighted by Crippen LogP contribution is 2.24. The van der Waals surface area contributed by atoms with Gasteiger partial charge < -0.3 is 20.9 Å². The molecule has 1 aliphatic rings. The van der Waals surface area contributed by atoms with Crippen molar-refractivity contribution in [2.45, 2.75) is 34.6 Å². The van der Waals surface area contributed by atoms with Crippen molar-refractivity contribution in [3.8, 4) is 5.82 Å². The monoisotopic (exact) mass is 518 g/mol. The molecule has 0 aliphatic carbocycles. The molecule has 11 nitrogen and oxygen atoms in total. The molecule has 1 saturated heterocycles. The van der Waals surface area contributed by atoms with E-state index in [4.69, 9.17) is 0 Å². The van der Waals surface area contributed by atoms with E-state index in [0.29, 0.717) is 43.2 Å². The average Bonchev–Trinajstić information content (AvgIpc) is 3.18. The lowest BCUT2D eigenvalue weighted by Crippen LogP contribution is -2.54. The van der Waals surface area contributed by atoms with E-state index in [1.54, 1.807) is 28.9 Å². The van der Waals surface area contributed by atoms with E-state index in [1.807, 2.05) is 51.7 Å². The lowest BCUT2D eigenvalue weighted by Gasteiger charge is -2.39. The topological polar surface area (TPSA) is 134 Å². The van der Waals surface area contributed by atoms with Crippen molar-refractivity contribution >= 4 is 29.2 Å². The Bertz CT molecular complexity index is 1320. The fourth-order valence-corrected chi connectivity index (χ4v) is 3.95. The second-order valence-corrected chi connectivity index (χ2v) is 10.5. The molecule has 1 aromatic carbocycles. The number of nitrogens with zero attached hydrogens (tertiary/aromatic N) is 5. The zero-order valence-electron chi connectivity index (χ0n) is 22.4. The number of nitrogens with one attached hydrogen (secondary N) is 3. The summed E-state index contributed by atoms with van der Waals surface area (Å²) in [6.07, 6.45) is 1.51. The molecule has 0 bridgehead atoms. The van der Waals surface area contributed by atoms with Crippen LogP contribution in [0.15, 0.2) is 42.7 Å². The molecule has 3 aromatic rings. The Balaban J connectivity index is 1.18. The molecule has 1 aliphatic heterocycles. The van der Waals surface area contributed by atoms with Gasteiger partial charge in [-0.1, -0.05) is 20.8 Å². The minimum atomic E-state index is -0.503. The van der Waals surface area contributed by atoms with Crippen molar-refractivity contribution in [3.05, 3.63) is 59.7 Å². The normalized spacial score (nSPS) is 13.6. The van der Waals surface area contributed by atoms with Crippen LogP contribution in [0.3, 0.4) is 0 Å². The van der Waals surface area contributed by atoms with Crippen LogP contribution in [0.25, 0.3) is 5.82 Å². The zero-order chi connectivity index (χ0) is 27.4. The Morgan fingerprint density at radius 1 is 0.947 bits per heavy atom. The van der Waals surface area contributed by atoms with Gasteiger partial charge in [-0.2, -0.15) is 5.10 Å². The lowest BCUT2D eigenvalue weighted by molar-refractivity contribution is -0.125. The standard InChI is InChI=1S/C27H34N8O3/c1-17-12-18(2)35(33-17)23-13-22(30-16-31-23)34-14-20(15-34)25(37)29-11-10-28-24(36)19-6-8-21(9-7-19)32-26(38)27(3,4)5/h6-9,12-13,16,20H,10-11,14-15H2,1-5H3,(H,28,36)(H,29,37)(H,32,38). The molecular formula is C27H34N8O3. The Labute approximate surface area is 222 Å². The van der Waals surface area contributed by atoms with Crippen molar-refractivity contribution < 1.29 is 14.4 Å². The molecule has 2 aromatic heterocycles. The quantitative estimate of drug-likeness (QED) is 0.389. The minimum absolute atomic E-state index is 0.0535. The number of amides is 3. The molecule has 38 heavy (non-hydrogen) atoms. The van der Waals surface area contributed by atoms with Crippen molar-refractivity contribution in [2.24, 2.45) is 11.3 Å². The van der Waals surface area contributed by atoms with Crippen molar-refractivity contribution in [1.29, 1.82) is 0 Å². The molecule has 3 amide bonds. The molecule has 0 atom stereocenters. The molecule has 11 heteroatoms. The summed E-state index contributed by atoms with van der Waals surface area (Å²) in [6, 6.07) is 10.6. The summed E-state index contributed by atoms with van der Waals surface area (Å²) >= 11 is 0. The molecule has 4 rings (SSSR count). The molecule has 1 fully saturated rings. The minimum Gasteiger partial charge on any atom is -0.355 e. The smallest absolute Gasteiger partial charge is 0.251 e. The summed E-state index contributed by atoms with van der Waals surface area (Å²) < 4.78 is 1.78. The number of aryl methyl sites for hydroxylation is 2. The average molecular weight is 519 g/mol. The van der Waals surface area contributed by atoms with E-state index in [9.17, 15) is 14.4 Å². The van der Waals surface area contributed by atoms with Gasteiger partial charge in [-0.15, -0.1) is 0 Å². The largest absolute Gasteiger partial charge is 0.355 e. The van der Waals surface area contributed by atoms with Crippen molar-refractivity contribution in [2.75, 3.05) is 36.4 Å². The van der Waals surface area contributed by atoms with E-state index in [0.717, 1.165) is 17.2 Å². The molecule has 0 unspecified atom stereocenters. The molecule has 3 heterocycles. The fraction of sp³-hybridized carbons (Fsp3) is 0.407. The second kappa shape index (κ2) is 11.0. The zero-order valence-corrected chi connectivity index (χ0v) is 22.4. The number of carbonyl (C=O) groups is 3. The first kappa shape index (κ1) is 26.8. The summed E-state index contributed by atoms with van der Waals surface area (Å²) in [5.41, 5.74) is 2.51. The van der Waals surface area contributed by atoms with Crippen LogP contribution in [0.4, 0.5) is 11.5 Å². The van der Waals surface area contributed by atoms with Crippen LogP contribution < -0.4 is 20.9 Å². The van der Waals surface area contributed by atoms with Gasteiger partial charge in [0, 0.05) is 54.6 Å². The third-order valence-electron chi connectivity index (χ3n) is 6.24. The molecule has 0 saturated carbocycles. The first-order valence-electron chi connectivity index (χ1n) is 12.6. The van der Waals surface area contributed by atoms with E-state index in [2.05, 4.69) is 31.0 Å². The Morgan fingerprint density at radius 2 is 1.61 bits per heavy atom. The third kappa shape index (κ3) is 6.34. The van der Waals surface area contributed by atoms with E-state index < -0.39 is 5.41 Å². The summed E-state index contributed by atoms with van der Waals surface area (Å²) in [6.45, 7) is 11.2. The van der Waals surface area contributed by atoms with Crippen LogP contribution in [0.2, 0.25) is 0 Å². The Morgan fingerprint density at radius 3 is 2.24 bits per heavy atom. The SMILES string of the molecule is Cc1cc(C)n(-c2cc(N3CC(C(=O)NCCNC(=O)c4ccc(NC(=O)C(C)(C)C)cc4)C3)ncn2)n1. The summed E-state index contributed by atoms with van der Waals surface area (Å²) in [4.78, 5) is 47.7. The highest BCUT2D eigenvalue weighted by atomic mass is 16.2. The number of hydrogen-bond acceptors (Lipinski definition) is 7. The van der Waals surface area contributed by atoms with Gasteiger partial charge in [0.15, 0.2) is 5.82 Å². The van der Waals surface area contributed by atoms with Crippen LogP contribution in [0.1, 0.15) is 42.5 Å². The summed E-state index contributed by atoms with van der Waals surface area (Å²) in [7, 11) is 0. The van der Waals surface area contributed by atoms with Gasteiger partial charge >= 0.3 is 0 Å². The fourth-order valence-electron chi connectivity index (χ4n) is 3.95. The lowest BCUT2D eigenvalue weighted by atomic mass is 9.95. The number of carbonyl (C=O) groups excluding carboxylic acids is 3. The van der Waals surface area contributed by atoms with Gasteiger partial charge in [0.1, 0.15) is 12.1 Å². The van der Waals surface area contributed by atoms with Gasteiger partial charge in [0.2, 0.25) is 11.8 Å². The van der Waals surface area contributed by atoms with Crippen LogP contribution in [0.5, 0.6) is 0 Å². The number of rotatable bonds is 8. The molecular weight excluding hydrogens is 484 g/mol. The van der Waals surface area contributed by atoms with Gasteiger partial charge in [-0.25, -0.2) is 14.6 Å². The predicted molar refractivity (Wildman–Crippen MR) is 144 cm³/mol. The summed E-state index contributed by atoms with van der Waals surface area (Å²) in [5.74, 6) is 0.901. The molecule has 3 N–H and O–H groups in total. The van der Waals surface area contributed by atoms with E-state index in [-0.39, 0.29) is 23.6 Å². The predicted octanol–water partition coefficient (Wildman–Crippen LogP) is 2.25. The molecule has 200 valence electrons. The maximum absolute atomic E-state index is 12.5. The number of anilines is 2. The van der Waals surface area contributed by atoms with Crippen LogP contribution in [-0.4, -0.2) is 63.6 Å². The highest BCUT2D eigenvalue weighted by Gasteiger charge is 2.33. The molecule has 0 radical (unpaired) electrons. The van der Waals surface area contributed by atoms with Crippen LogP contribution in [-0.2, 0) is 9.59 Å². The molecule has 0 spiro atoms. The first-order valence-corrected chi connectivity index (χ1v) is 12.6. The van der Waals surface area contributed by atoms with E-state index in [1.165, 1.54) is 6.33 Å². The van der Waals surface area contributed by atoms with Crippen molar-refractivity contribution in [1.82, 2.24) is 30.4 Å². The maximum atomic E-state index is 12.5. The second-order valence-electron chi connectivity index (χ2n) is 10.5. The first-order chi connectivity index (χ1) is 18.0. The number of hydrogen-bond donors (Lipinski definition) is 3. The van der Waals surface area contributed by atoms with Crippen LogP contribution in [0, 0.1) is 25.2 Å². The number of aromatic nitrogens is 4. The van der Waals surface area contributed by atoms with Crippen molar-refractivity contribution in [3.63, 3.8) is 0 Å². The van der Waals surface area contributed by atoms with Gasteiger partial charge in [-0.3, -0.25) is 14.4 Å². The highest BCUT2D eigenvalue weighted by molar-refractivity contribution is 5.97. The Hall–Kier alpha value is -4.28. The van der Waals surface area contributed by atoms with Crippen LogP contribution >= 0.6 is 0 Å². The number of benzene rings is 1. The van der Waals surface area contributed by atoms with E-state index >= 15 is 0 Å².